The molecule has 1 saturated heterocycles. The van der Waals surface area contributed by atoms with Gasteiger partial charge in [0.05, 0.1) is 38.5 Å². The smallest absolute Gasteiger partial charge is 0.231 e. The Bertz CT molecular complexity index is 1570. The van der Waals surface area contributed by atoms with E-state index in [0.717, 1.165) is 33.4 Å². The fraction of sp³-hybridized carbons (Fsp3) is 0.406. The second kappa shape index (κ2) is 9.84. The third-order valence-corrected chi connectivity index (χ3v) is 9.17. The lowest BCUT2D eigenvalue weighted by atomic mass is 9.72. The Morgan fingerprint density at radius 1 is 1.07 bits per heavy atom. The van der Waals surface area contributed by atoms with Crippen molar-refractivity contribution in [1.29, 1.82) is 5.26 Å². The molecule has 0 unspecified atom stereocenters. The molecule has 3 N–H and O–H groups in total. The normalized spacial score (nSPS) is 25.6. The molecule has 0 aromatic heterocycles. The van der Waals surface area contributed by atoms with Crippen LogP contribution in [0, 0.1) is 25.2 Å². The molecular formula is C32H33N3O6. The Kier molecular flexibility index (Phi) is 6.23. The van der Waals surface area contributed by atoms with Gasteiger partial charge in [-0.25, -0.2) is 0 Å². The Labute approximate surface area is 238 Å². The van der Waals surface area contributed by atoms with Gasteiger partial charge in [0, 0.05) is 34.3 Å². The van der Waals surface area contributed by atoms with Crippen molar-refractivity contribution in [3.05, 3.63) is 75.3 Å². The van der Waals surface area contributed by atoms with E-state index in [0.29, 0.717) is 42.3 Å². The highest BCUT2D eigenvalue weighted by Crippen LogP contribution is 2.56. The number of methoxy groups -OCH3 is 1. The van der Waals surface area contributed by atoms with Crippen molar-refractivity contribution in [2.24, 2.45) is 0 Å². The third-order valence-electron chi connectivity index (χ3n) is 9.17. The van der Waals surface area contributed by atoms with Crippen LogP contribution in [0.4, 0.5) is 0 Å². The summed E-state index contributed by atoms with van der Waals surface area (Å²) in [5.74, 6) is 1.92. The minimum Gasteiger partial charge on any atom is -0.507 e. The van der Waals surface area contributed by atoms with Gasteiger partial charge in [-0.2, -0.15) is 5.26 Å². The first kappa shape index (κ1) is 26.0. The number of nitrogens with zero attached hydrogens (tertiary/aromatic N) is 2. The quantitative estimate of drug-likeness (QED) is 0.428. The third kappa shape index (κ3) is 3.86. The van der Waals surface area contributed by atoms with Crippen molar-refractivity contribution in [3.63, 3.8) is 0 Å². The summed E-state index contributed by atoms with van der Waals surface area (Å²) in [5, 5.41) is 37.2. The zero-order valence-corrected chi connectivity index (χ0v) is 23.3. The van der Waals surface area contributed by atoms with Gasteiger partial charge in [0.25, 0.3) is 0 Å². The number of phenolic OH excluding ortho intramolecular Hbond substituents is 2. The van der Waals surface area contributed by atoms with Crippen LogP contribution >= 0.6 is 0 Å². The molecule has 212 valence electrons. The molecule has 9 nitrogen and oxygen atoms in total. The largest absolute Gasteiger partial charge is 0.507 e. The molecule has 5 atom stereocenters. The number of hydrogen-bond acceptors (Lipinski definition) is 9. The summed E-state index contributed by atoms with van der Waals surface area (Å²) in [6, 6.07) is 13.0. The average Bonchev–Trinajstić information content (AvgIpc) is 3.46. The predicted octanol–water partition coefficient (Wildman–Crippen LogP) is 4.10. The average molecular weight is 556 g/mol. The number of rotatable bonds is 5. The lowest BCUT2D eigenvalue weighted by Crippen LogP contribution is -2.68. The summed E-state index contributed by atoms with van der Waals surface area (Å²) in [7, 11) is 1.56. The van der Waals surface area contributed by atoms with E-state index in [4.69, 9.17) is 18.9 Å². The van der Waals surface area contributed by atoms with Crippen molar-refractivity contribution in [1.82, 2.24) is 10.2 Å². The highest BCUT2D eigenvalue weighted by molar-refractivity contribution is 5.66. The van der Waals surface area contributed by atoms with Crippen LogP contribution in [0.2, 0.25) is 0 Å². The molecule has 0 aliphatic carbocycles. The molecule has 0 saturated carbocycles. The second-order valence-electron chi connectivity index (χ2n) is 11.3. The molecular weight excluding hydrogens is 522 g/mol. The standard InChI is InChI=1S/C32H33N3O6/c1-16-9-19-10-21-23(12-33)35-22(27(34-21)25(19)29(37)30(16)38-3)11-20-26(32-31(40-15-41-32)17(2)28(20)36)24(35)14-39-13-18-7-5-4-6-8-18/h4-9,21-24,27,34,36-37H,10-11,13-15H2,1-3H3/t21-,22-,23-,24-,27-/m0/s1. The number of ether oxygens (including phenoxy) is 4. The lowest BCUT2D eigenvalue weighted by molar-refractivity contribution is -0.0391. The van der Waals surface area contributed by atoms with Gasteiger partial charge >= 0.3 is 0 Å². The van der Waals surface area contributed by atoms with E-state index >= 15 is 0 Å². The van der Waals surface area contributed by atoms with Crippen LogP contribution < -0.4 is 19.5 Å². The number of aromatic hydroxyl groups is 2. The van der Waals surface area contributed by atoms with Gasteiger partial charge in [0.2, 0.25) is 6.79 Å². The second-order valence-corrected chi connectivity index (χ2v) is 11.3. The molecule has 9 heteroatoms. The highest BCUT2D eigenvalue weighted by atomic mass is 16.7. The molecule has 41 heavy (non-hydrogen) atoms. The van der Waals surface area contributed by atoms with Gasteiger partial charge in [0.1, 0.15) is 11.8 Å². The van der Waals surface area contributed by atoms with Gasteiger partial charge in [-0.05, 0) is 43.4 Å². The minimum atomic E-state index is -0.478. The van der Waals surface area contributed by atoms with Crippen molar-refractivity contribution in [2.45, 2.75) is 63.5 Å². The monoisotopic (exact) mass is 555 g/mol. The zero-order chi connectivity index (χ0) is 28.4. The number of piperazine rings is 1. The first-order valence-corrected chi connectivity index (χ1v) is 14.0. The van der Waals surface area contributed by atoms with Gasteiger partial charge in [-0.1, -0.05) is 36.4 Å². The molecule has 1 fully saturated rings. The Morgan fingerprint density at radius 2 is 1.85 bits per heavy atom. The maximum atomic E-state index is 11.5. The molecule has 0 spiro atoms. The SMILES string of the molecule is COc1c(C)cc2c(c1O)[C@H]1N[C@@H](C2)[C@H](C#N)N2[C@@H](COCc3ccccc3)c3c(c(O)c(C)c4c3OCO4)C[C@@H]12. The molecule has 3 aromatic carbocycles. The zero-order valence-electron chi connectivity index (χ0n) is 23.3. The number of hydrogen-bond donors (Lipinski definition) is 3. The van der Waals surface area contributed by atoms with Crippen LogP contribution in [-0.4, -0.2) is 53.7 Å². The number of aryl methyl sites for hydroxylation is 1. The Morgan fingerprint density at radius 3 is 2.61 bits per heavy atom. The van der Waals surface area contributed by atoms with Crippen molar-refractivity contribution >= 4 is 0 Å². The van der Waals surface area contributed by atoms with Crippen molar-refractivity contribution < 1.29 is 29.2 Å². The highest BCUT2D eigenvalue weighted by Gasteiger charge is 2.54. The Hall–Kier alpha value is -3.97. The topological polar surface area (TPSA) is 116 Å². The maximum absolute atomic E-state index is 11.5. The summed E-state index contributed by atoms with van der Waals surface area (Å²) in [5.41, 5.74) is 5.93. The summed E-state index contributed by atoms with van der Waals surface area (Å²) in [4.78, 5) is 2.23. The van der Waals surface area contributed by atoms with Gasteiger partial charge < -0.3 is 34.5 Å². The van der Waals surface area contributed by atoms with Crippen LogP contribution in [0.15, 0.2) is 36.4 Å². The van der Waals surface area contributed by atoms with Crippen LogP contribution in [-0.2, 0) is 24.2 Å². The first-order chi connectivity index (χ1) is 19.9. The van der Waals surface area contributed by atoms with E-state index < -0.39 is 6.04 Å². The van der Waals surface area contributed by atoms with E-state index in [1.54, 1.807) is 7.11 Å². The van der Waals surface area contributed by atoms with E-state index in [1.807, 2.05) is 44.2 Å². The van der Waals surface area contributed by atoms with E-state index in [9.17, 15) is 15.5 Å². The summed E-state index contributed by atoms with van der Waals surface area (Å²) in [6.45, 7) is 4.52. The van der Waals surface area contributed by atoms with Crippen LogP contribution in [0.3, 0.4) is 0 Å². The lowest BCUT2D eigenvalue weighted by Gasteiger charge is -2.56. The Balaban J connectivity index is 1.38. The minimum absolute atomic E-state index is 0.0714. The molecule has 4 heterocycles. The van der Waals surface area contributed by atoms with Crippen molar-refractivity contribution in [2.75, 3.05) is 20.5 Å². The number of phenols is 2. The summed E-state index contributed by atoms with van der Waals surface area (Å²) < 4.78 is 23.7. The fourth-order valence-electron chi connectivity index (χ4n) is 7.45. The van der Waals surface area contributed by atoms with Gasteiger partial charge in [-0.15, -0.1) is 0 Å². The molecule has 2 bridgehead atoms. The van der Waals surface area contributed by atoms with Gasteiger partial charge in [-0.3, -0.25) is 4.90 Å². The number of fused-ring (bicyclic) bond motifs is 9. The summed E-state index contributed by atoms with van der Waals surface area (Å²) in [6.07, 6.45) is 1.04. The molecule has 0 amide bonds. The van der Waals surface area contributed by atoms with Crippen molar-refractivity contribution in [3.8, 4) is 34.8 Å². The maximum Gasteiger partial charge on any atom is 0.231 e. The first-order valence-electron chi connectivity index (χ1n) is 14.0. The number of nitriles is 1. The number of benzene rings is 3. The molecule has 3 aromatic rings. The van der Waals surface area contributed by atoms with E-state index in [2.05, 4.69) is 22.4 Å². The van der Waals surface area contributed by atoms with E-state index in [1.165, 1.54) is 0 Å². The van der Waals surface area contributed by atoms with Crippen LogP contribution in [0.25, 0.3) is 0 Å². The molecule has 0 radical (unpaired) electrons. The molecule has 4 aliphatic heterocycles. The van der Waals surface area contributed by atoms with Crippen LogP contribution in [0.5, 0.6) is 28.7 Å². The number of nitrogens with one attached hydrogen (secondary N) is 1. The summed E-state index contributed by atoms with van der Waals surface area (Å²) >= 11 is 0. The van der Waals surface area contributed by atoms with Gasteiger partial charge in [0.15, 0.2) is 23.0 Å². The predicted molar refractivity (Wildman–Crippen MR) is 149 cm³/mol. The van der Waals surface area contributed by atoms with Crippen LogP contribution in [0.1, 0.15) is 51.0 Å². The fourth-order valence-corrected chi connectivity index (χ4v) is 7.45. The molecule has 7 rings (SSSR count). The molecule has 4 aliphatic rings. The van der Waals surface area contributed by atoms with E-state index in [-0.39, 0.29) is 49.1 Å².